The Labute approximate surface area is 278 Å². The standard InChI is InChI=1S/C22H17N3O5.C14H19NO3/c1-27-13-17(22(26)28-2)16-8-4-6-10-19(16)30-21-11-20(24-14-25-21)29-18-9-5-3-7-15(18)12-23;16-13(9-10-14(17)18)15-11-5-4-8-12-6-2-1-3-7-12/h3-11,13-14H,1-2H3;1-3,6-7H,4-5,8-11H2,(H,15,16)(H,17,18)/b17-13+;. The van der Waals surface area contributed by atoms with E-state index in [1.165, 1.54) is 38.4 Å². The van der Waals surface area contributed by atoms with Crippen LogP contribution in [0.3, 0.4) is 0 Å². The zero-order valence-electron chi connectivity index (χ0n) is 26.6. The largest absolute Gasteiger partial charge is 0.503 e. The number of amides is 1. The summed E-state index contributed by atoms with van der Waals surface area (Å²) in [6.07, 6.45) is 5.45. The molecule has 0 radical (unpaired) electrons. The predicted octanol–water partition coefficient (Wildman–Crippen LogP) is 6.08. The van der Waals surface area contributed by atoms with E-state index in [9.17, 15) is 19.6 Å². The normalized spacial score (nSPS) is 10.4. The van der Waals surface area contributed by atoms with Crippen LogP contribution < -0.4 is 14.8 Å². The number of carbonyl (C=O) groups excluding carboxylic acids is 2. The SMILES string of the molecule is CO/C=C(/C(=O)OC)c1ccccc1Oc1cc(Oc2ccccc2C#N)ncn1.O=C(O)CCC(=O)NCCCCc1ccccc1. The third-order valence-corrected chi connectivity index (χ3v) is 6.49. The maximum absolute atomic E-state index is 12.1. The average Bonchev–Trinajstić information content (AvgIpc) is 3.11. The molecule has 248 valence electrons. The van der Waals surface area contributed by atoms with Gasteiger partial charge < -0.3 is 29.4 Å². The number of aromatic nitrogens is 2. The summed E-state index contributed by atoms with van der Waals surface area (Å²) >= 11 is 0. The molecule has 1 amide bonds. The van der Waals surface area contributed by atoms with Crippen LogP contribution in [0.15, 0.2) is 97.5 Å². The lowest BCUT2D eigenvalue weighted by molar-refractivity contribution is -0.138. The van der Waals surface area contributed by atoms with E-state index < -0.39 is 11.9 Å². The number of ether oxygens (including phenoxy) is 4. The van der Waals surface area contributed by atoms with Gasteiger partial charge in [0.25, 0.3) is 0 Å². The van der Waals surface area contributed by atoms with Gasteiger partial charge in [-0.25, -0.2) is 14.8 Å². The van der Waals surface area contributed by atoms with Gasteiger partial charge in [-0.1, -0.05) is 60.7 Å². The molecule has 0 atom stereocenters. The second-order valence-corrected chi connectivity index (χ2v) is 9.95. The highest BCUT2D eigenvalue weighted by molar-refractivity contribution is 6.17. The molecule has 0 bridgehead atoms. The molecule has 0 fully saturated rings. The number of hydrogen-bond donors (Lipinski definition) is 2. The van der Waals surface area contributed by atoms with Crippen LogP contribution in [0.25, 0.3) is 5.57 Å². The van der Waals surface area contributed by atoms with Crippen molar-refractivity contribution in [1.29, 1.82) is 5.26 Å². The fourth-order valence-corrected chi connectivity index (χ4v) is 4.17. The van der Waals surface area contributed by atoms with Gasteiger partial charge in [0.1, 0.15) is 29.5 Å². The fourth-order valence-electron chi connectivity index (χ4n) is 4.17. The lowest BCUT2D eigenvalue weighted by Gasteiger charge is -2.12. The number of methoxy groups -OCH3 is 2. The number of nitrogens with zero attached hydrogens (tertiary/aromatic N) is 3. The Morgan fingerprint density at radius 1 is 0.854 bits per heavy atom. The molecule has 4 rings (SSSR count). The number of carboxylic acid groups (broad SMARTS) is 1. The van der Waals surface area contributed by atoms with Crippen LogP contribution in [-0.4, -0.2) is 53.7 Å². The van der Waals surface area contributed by atoms with Gasteiger partial charge in [0.2, 0.25) is 17.7 Å². The molecule has 1 aromatic heterocycles. The van der Waals surface area contributed by atoms with Crippen LogP contribution in [0, 0.1) is 11.3 Å². The first-order chi connectivity index (χ1) is 23.3. The Balaban J connectivity index is 0.000000297. The number of para-hydroxylation sites is 2. The van der Waals surface area contributed by atoms with E-state index in [0.29, 0.717) is 29.2 Å². The number of esters is 1. The summed E-state index contributed by atoms with van der Waals surface area (Å²) in [5, 5.41) is 20.3. The Morgan fingerprint density at radius 3 is 2.17 bits per heavy atom. The third kappa shape index (κ3) is 12.3. The second kappa shape index (κ2) is 20.0. The van der Waals surface area contributed by atoms with Crippen molar-refractivity contribution in [1.82, 2.24) is 15.3 Å². The quantitative estimate of drug-likeness (QED) is 0.0660. The van der Waals surface area contributed by atoms with Crippen LogP contribution in [0.2, 0.25) is 0 Å². The summed E-state index contributed by atoms with van der Waals surface area (Å²) in [6.45, 7) is 0.616. The lowest BCUT2D eigenvalue weighted by atomic mass is 10.1. The molecule has 4 aromatic rings. The van der Waals surface area contributed by atoms with E-state index in [1.54, 1.807) is 48.5 Å². The van der Waals surface area contributed by atoms with Crippen LogP contribution in [0.5, 0.6) is 23.3 Å². The van der Waals surface area contributed by atoms with Crippen LogP contribution >= 0.6 is 0 Å². The van der Waals surface area contributed by atoms with Crippen molar-refractivity contribution in [2.45, 2.75) is 32.1 Å². The summed E-state index contributed by atoms with van der Waals surface area (Å²) in [7, 11) is 2.71. The molecule has 0 aliphatic carbocycles. The highest BCUT2D eigenvalue weighted by atomic mass is 16.5. The maximum Gasteiger partial charge on any atom is 0.341 e. The minimum atomic E-state index is -0.936. The Morgan fingerprint density at radius 2 is 1.50 bits per heavy atom. The zero-order valence-corrected chi connectivity index (χ0v) is 26.6. The molecule has 3 aromatic carbocycles. The molecule has 0 saturated carbocycles. The number of nitriles is 1. The number of benzene rings is 3. The smallest absolute Gasteiger partial charge is 0.341 e. The summed E-state index contributed by atoms with van der Waals surface area (Å²) in [5.41, 5.74) is 2.32. The first-order valence-electron chi connectivity index (χ1n) is 14.9. The van der Waals surface area contributed by atoms with Crippen molar-refractivity contribution in [3.05, 3.63) is 114 Å². The maximum atomic E-state index is 12.1. The molecule has 0 spiro atoms. The Kier molecular flexibility index (Phi) is 15.1. The van der Waals surface area contributed by atoms with Crippen molar-refractivity contribution in [2.24, 2.45) is 0 Å². The van der Waals surface area contributed by atoms with Gasteiger partial charge in [-0.3, -0.25) is 9.59 Å². The van der Waals surface area contributed by atoms with Gasteiger partial charge in [0.05, 0.1) is 38.5 Å². The van der Waals surface area contributed by atoms with Crippen molar-refractivity contribution in [3.63, 3.8) is 0 Å². The predicted molar refractivity (Wildman–Crippen MR) is 176 cm³/mol. The van der Waals surface area contributed by atoms with E-state index in [2.05, 4.69) is 33.5 Å². The fraction of sp³-hybridized carbons (Fsp3) is 0.222. The van der Waals surface area contributed by atoms with Gasteiger partial charge >= 0.3 is 11.9 Å². The molecular formula is C36H36N4O8. The first-order valence-corrected chi connectivity index (χ1v) is 14.9. The number of rotatable bonds is 15. The van der Waals surface area contributed by atoms with Crippen molar-refractivity contribution < 1.29 is 38.4 Å². The average molecular weight is 653 g/mol. The lowest BCUT2D eigenvalue weighted by Crippen LogP contribution is -2.24. The van der Waals surface area contributed by atoms with Crippen LogP contribution in [0.1, 0.15) is 42.4 Å². The molecule has 0 aliphatic heterocycles. The van der Waals surface area contributed by atoms with E-state index >= 15 is 0 Å². The van der Waals surface area contributed by atoms with Gasteiger partial charge in [-0.15, -0.1) is 0 Å². The molecule has 2 N–H and O–H groups in total. The summed E-state index contributed by atoms with van der Waals surface area (Å²) in [6, 6.07) is 27.4. The van der Waals surface area contributed by atoms with Crippen molar-refractivity contribution >= 4 is 23.4 Å². The van der Waals surface area contributed by atoms with Crippen molar-refractivity contribution in [2.75, 3.05) is 20.8 Å². The number of hydrogen-bond acceptors (Lipinski definition) is 10. The minimum absolute atomic E-state index is 0.0635. The summed E-state index contributed by atoms with van der Waals surface area (Å²) < 4.78 is 21.4. The molecule has 48 heavy (non-hydrogen) atoms. The number of carbonyl (C=O) groups is 3. The molecule has 12 nitrogen and oxygen atoms in total. The first kappa shape index (κ1) is 36.3. The molecule has 1 heterocycles. The van der Waals surface area contributed by atoms with Gasteiger partial charge in [-0.2, -0.15) is 5.26 Å². The highest BCUT2D eigenvalue weighted by Gasteiger charge is 2.18. The summed E-state index contributed by atoms with van der Waals surface area (Å²) in [5.74, 6) is -0.599. The molecule has 12 heteroatoms. The van der Waals surface area contributed by atoms with Gasteiger partial charge in [-0.05, 0) is 43.0 Å². The van der Waals surface area contributed by atoms with Crippen LogP contribution in [-0.2, 0) is 30.3 Å². The Hall–Kier alpha value is -6.22. The third-order valence-electron chi connectivity index (χ3n) is 6.49. The molecule has 0 saturated heterocycles. The van der Waals surface area contributed by atoms with Gasteiger partial charge in [0.15, 0.2) is 0 Å². The van der Waals surface area contributed by atoms with Gasteiger partial charge in [0, 0.05) is 18.5 Å². The van der Waals surface area contributed by atoms with E-state index in [1.807, 2.05) is 18.2 Å². The Bertz CT molecular complexity index is 1720. The number of unbranched alkanes of at least 4 members (excludes halogenated alkanes) is 1. The molecule has 0 aliphatic rings. The highest BCUT2D eigenvalue weighted by Crippen LogP contribution is 2.32. The van der Waals surface area contributed by atoms with Crippen molar-refractivity contribution in [3.8, 4) is 29.3 Å². The van der Waals surface area contributed by atoms with Crippen LogP contribution in [0.4, 0.5) is 0 Å². The molecule has 0 unspecified atom stereocenters. The number of nitrogens with one attached hydrogen (secondary N) is 1. The molecular weight excluding hydrogens is 616 g/mol. The number of aliphatic carboxylic acids is 1. The second-order valence-electron chi connectivity index (χ2n) is 9.95. The van der Waals surface area contributed by atoms with E-state index in [4.69, 9.17) is 24.1 Å². The minimum Gasteiger partial charge on any atom is -0.503 e. The topological polar surface area (TPSA) is 170 Å². The van der Waals surface area contributed by atoms with E-state index in [-0.39, 0.29) is 36.1 Å². The zero-order chi connectivity index (χ0) is 34.6. The number of carboxylic acids is 1. The van der Waals surface area contributed by atoms with E-state index in [0.717, 1.165) is 19.3 Å². The summed E-state index contributed by atoms with van der Waals surface area (Å²) in [4.78, 5) is 41.7. The number of aryl methyl sites for hydroxylation is 1. The monoisotopic (exact) mass is 652 g/mol.